The molecule has 0 bridgehead atoms. The second kappa shape index (κ2) is 4.49. The van der Waals surface area contributed by atoms with E-state index in [1.54, 1.807) is 0 Å². The molecule has 0 aliphatic heterocycles. The molecule has 12 heavy (non-hydrogen) atoms. The van der Waals surface area contributed by atoms with Gasteiger partial charge in [-0.15, -0.1) is 6.58 Å². The molecule has 0 amide bonds. The topological polar surface area (TPSA) is 0 Å². The van der Waals surface area contributed by atoms with Gasteiger partial charge in [0, 0.05) is 0 Å². The van der Waals surface area contributed by atoms with E-state index in [2.05, 4.69) is 25.7 Å². The highest BCUT2D eigenvalue weighted by Gasteiger charge is 2.22. The Balaban J connectivity index is 2.13. The molecule has 1 aliphatic carbocycles. The zero-order valence-electron chi connectivity index (χ0n) is 8.18. The van der Waals surface area contributed by atoms with E-state index >= 15 is 0 Å². The predicted octanol–water partition coefficient (Wildman–Crippen LogP) is 4.09. The van der Waals surface area contributed by atoms with Crippen LogP contribution in [0.5, 0.6) is 0 Å². The van der Waals surface area contributed by atoms with Crippen LogP contribution >= 0.6 is 0 Å². The molecule has 0 fully saturated rings. The average Bonchev–Trinajstić information content (AvgIpc) is 2.47. The summed E-state index contributed by atoms with van der Waals surface area (Å²) in [6.45, 7) is 6.11. The third kappa shape index (κ3) is 2.84. The third-order valence-corrected chi connectivity index (χ3v) is 2.81. The van der Waals surface area contributed by atoms with Gasteiger partial charge in [-0.1, -0.05) is 31.6 Å². The highest BCUT2D eigenvalue weighted by Crippen LogP contribution is 2.36. The zero-order chi connectivity index (χ0) is 8.86. The van der Waals surface area contributed by atoms with Crippen LogP contribution < -0.4 is 0 Å². The fraction of sp³-hybridized carbons (Fsp3) is 0.667. The fourth-order valence-corrected chi connectivity index (χ4v) is 1.89. The Hall–Kier alpha value is -0.520. The van der Waals surface area contributed by atoms with Crippen molar-refractivity contribution in [2.45, 2.75) is 45.4 Å². The van der Waals surface area contributed by atoms with Crippen molar-refractivity contribution in [2.75, 3.05) is 0 Å². The Morgan fingerprint density at radius 1 is 1.50 bits per heavy atom. The van der Waals surface area contributed by atoms with Gasteiger partial charge >= 0.3 is 0 Å². The van der Waals surface area contributed by atoms with Gasteiger partial charge in [0.25, 0.3) is 0 Å². The molecular formula is C12H20. The van der Waals surface area contributed by atoms with E-state index < -0.39 is 0 Å². The molecule has 0 saturated carbocycles. The molecular weight excluding hydrogens is 144 g/mol. The largest absolute Gasteiger partial charge is 0.103 e. The molecule has 1 atom stereocenters. The van der Waals surface area contributed by atoms with E-state index in [0.717, 1.165) is 0 Å². The lowest BCUT2D eigenvalue weighted by atomic mass is 9.84. The Labute approximate surface area is 76.4 Å². The maximum Gasteiger partial charge on any atom is -0.0144 e. The van der Waals surface area contributed by atoms with Crippen LogP contribution in [0.25, 0.3) is 0 Å². The summed E-state index contributed by atoms with van der Waals surface area (Å²) in [5.41, 5.74) is 0.529. The highest BCUT2D eigenvalue weighted by molar-refractivity contribution is 5.04. The smallest absolute Gasteiger partial charge is 0.0144 e. The molecule has 0 N–H and O–H groups in total. The standard InChI is InChI=1S/C12H20/c1-3-4-5-6-9-12(2)10-7-8-11-12/h3,7,10H,1,4-6,8-9,11H2,2H3. The first-order chi connectivity index (χ1) is 5.77. The number of hydrogen-bond donors (Lipinski definition) is 0. The van der Waals surface area contributed by atoms with Gasteiger partial charge in [-0.25, -0.2) is 0 Å². The minimum atomic E-state index is 0.529. The molecule has 0 saturated heterocycles. The van der Waals surface area contributed by atoms with Crippen LogP contribution in [0.3, 0.4) is 0 Å². The summed E-state index contributed by atoms with van der Waals surface area (Å²) < 4.78 is 0. The van der Waals surface area contributed by atoms with Crippen LogP contribution in [0.15, 0.2) is 24.8 Å². The number of unbranched alkanes of at least 4 members (excludes halogenated alkanes) is 2. The molecule has 1 rings (SSSR count). The molecule has 0 heterocycles. The monoisotopic (exact) mass is 164 g/mol. The maximum atomic E-state index is 3.73. The summed E-state index contributed by atoms with van der Waals surface area (Å²) in [5.74, 6) is 0. The van der Waals surface area contributed by atoms with E-state index in [1.165, 1.54) is 38.5 Å². The molecule has 0 aromatic heterocycles. The van der Waals surface area contributed by atoms with E-state index in [1.807, 2.05) is 6.08 Å². The van der Waals surface area contributed by atoms with Gasteiger partial charge in [-0.05, 0) is 37.5 Å². The van der Waals surface area contributed by atoms with E-state index in [9.17, 15) is 0 Å². The molecule has 0 spiro atoms. The van der Waals surface area contributed by atoms with Crippen LogP contribution in [0, 0.1) is 5.41 Å². The summed E-state index contributed by atoms with van der Waals surface area (Å²) in [5, 5.41) is 0. The van der Waals surface area contributed by atoms with Crippen molar-refractivity contribution in [3.63, 3.8) is 0 Å². The van der Waals surface area contributed by atoms with Crippen LogP contribution in [-0.4, -0.2) is 0 Å². The molecule has 0 radical (unpaired) electrons. The lowest BCUT2D eigenvalue weighted by Gasteiger charge is -2.21. The first-order valence-corrected chi connectivity index (χ1v) is 5.05. The third-order valence-electron chi connectivity index (χ3n) is 2.81. The average molecular weight is 164 g/mol. The number of allylic oxidation sites excluding steroid dienone is 3. The SMILES string of the molecule is C=CCCCCC1(C)C=CCC1. The lowest BCUT2D eigenvalue weighted by Crippen LogP contribution is -2.08. The second-order valence-electron chi connectivity index (χ2n) is 4.13. The summed E-state index contributed by atoms with van der Waals surface area (Å²) in [7, 11) is 0. The van der Waals surface area contributed by atoms with Crippen LogP contribution in [0.1, 0.15) is 45.4 Å². The number of hydrogen-bond acceptors (Lipinski definition) is 0. The van der Waals surface area contributed by atoms with E-state index in [0.29, 0.717) is 5.41 Å². The molecule has 1 unspecified atom stereocenters. The molecule has 0 aromatic rings. The molecule has 0 aromatic carbocycles. The summed E-state index contributed by atoms with van der Waals surface area (Å²) in [6, 6.07) is 0. The summed E-state index contributed by atoms with van der Waals surface area (Å²) >= 11 is 0. The van der Waals surface area contributed by atoms with Crippen molar-refractivity contribution in [3.05, 3.63) is 24.8 Å². The second-order valence-corrected chi connectivity index (χ2v) is 4.13. The normalized spacial score (nSPS) is 27.8. The van der Waals surface area contributed by atoms with Gasteiger partial charge in [-0.2, -0.15) is 0 Å². The minimum absolute atomic E-state index is 0.529. The fourth-order valence-electron chi connectivity index (χ4n) is 1.89. The van der Waals surface area contributed by atoms with Gasteiger partial charge in [0.05, 0.1) is 0 Å². The molecule has 0 nitrogen and oxygen atoms in total. The minimum Gasteiger partial charge on any atom is -0.103 e. The van der Waals surface area contributed by atoms with E-state index in [4.69, 9.17) is 0 Å². The van der Waals surface area contributed by atoms with Gasteiger partial charge in [0.2, 0.25) is 0 Å². The number of rotatable bonds is 5. The Bertz CT molecular complexity index is 167. The van der Waals surface area contributed by atoms with Gasteiger partial charge in [0.15, 0.2) is 0 Å². The molecule has 0 heteroatoms. The quantitative estimate of drug-likeness (QED) is 0.424. The van der Waals surface area contributed by atoms with Crippen LogP contribution in [0.2, 0.25) is 0 Å². The first-order valence-electron chi connectivity index (χ1n) is 5.05. The first kappa shape index (κ1) is 9.57. The predicted molar refractivity (Wildman–Crippen MR) is 55.1 cm³/mol. The Morgan fingerprint density at radius 3 is 2.92 bits per heavy atom. The zero-order valence-corrected chi connectivity index (χ0v) is 8.18. The Morgan fingerprint density at radius 2 is 2.33 bits per heavy atom. The van der Waals surface area contributed by atoms with Crippen molar-refractivity contribution in [3.8, 4) is 0 Å². The maximum absolute atomic E-state index is 3.73. The van der Waals surface area contributed by atoms with E-state index in [-0.39, 0.29) is 0 Å². The van der Waals surface area contributed by atoms with Crippen molar-refractivity contribution >= 4 is 0 Å². The van der Waals surface area contributed by atoms with Crippen LogP contribution in [-0.2, 0) is 0 Å². The lowest BCUT2D eigenvalue weighted by molar-refractivity contribution is 0.368. The van der Waals surface area contributed by atoms with Crippen molar-refractivity contribution in [1.29, 1.82) is 0 Å². The molecule has 68 valence electrons. The summed E-state index contributed by atoms with van der Waals surface area (Å²) in [4.78, 5) is 0. The van der Waals surface area contributed by atoms with Crippen molar-refractivity contribution in [2.24, 2.45) is 5.41 Å². The Kier molecular flexibility index (Phi) is 3.58. The van der Waals surface area contributed by atoms with Gasteiger partial charge in [-0.3, -0.25) is 0 Å². The van der Waals surface area contributed by atoms with Gasteiger partial charge < -0.3 is 0 Å². The molecule has 1 aliphatic rings. The van der Waals surface area contributed by atoms with Crippen molar-refractivity contribution in [1.82, 2.24) is 0 Å². The summed E-state index contributed by atoms with van der Waals surface area (Å²) in [6.07, 6.45) is 14.6. The van der Waals surface area contributed by atoms with Crippen LogP contribution in [0.4, 0.5) is 0 Å². The van der Waals surface area contributed by atoms with Crippen molar-refractivity contribution < 1.29 is 0 Å². The highest BCUT2D eigenvalue weighted by atomic mass is 14.3. The van der Waals surface area contributed by atoms with Gasteiger partial charge in [0.1, 0.15) is 0 Å².